The zero-order valence-corrected chi connectivity index (χ0v) is 13.9. The lowest BCUT2D eigenvalue weighted by Crippen LogP contribution is -2.48. The molecule has 0 aromatic carbocycles. The maximum atomic E-state index is 5.72. The van der Waals surface area contributed by atoms with Crippen LogP contribution in [0.2, 0.25) is 0 Å². The van der Waals surface area contributed by atoms with Gasteiger partial charge in [-0.05, 0) is 19.9 Å². The van der Waals surface area contributed by atoms with Crippen molar-refractivity contribution >= 4 is 5.96 Å². The smallest absolute Gasteiger partial charge is 0.191 e. The molecule has 6 heteroatoms. The monoisotopic (exact) mass is 300 g/mol. The Labute approximate surface area is 129 Å². The molecule has 0 saturated carbocycles. The fraction of sp³-hybridized carbons (Fsp3) is 0.933. The zero-order valence-electron chi connectivity index (χ0n) is 13.9. The van der Waals surface area contributed by atoms with Crippen molar-refractivity contribution in [3.8, 4) is 0 Å². The Balaban J connectivity index is 2.03. The minimum atomic E-state index is 0.236. The molecule has 0 spiro atoms. The minimum Gasteiger partial charge on any atom is -0.381 e. The first kappa shape index (κ1) is 18.2. The van der Waals surface area contributed by atoms with E-state index in [1.807, 2.05) is 0 Å². The van der Waals surface area contributed by atoms with Gasteiger partial charge in [-0.2, -0.15) is 0 Å². The molecule has 0 aliphatic carbocycles. The maximum Gasteiger partial charge on any atom is 0.191 e. The summed E-state index contributed by atoms with van der Waals surface area (Å²) in [6.45, 7) is 8.31. The van der Waals surface area contributed by atoms with Crippen LogP contribution in [0.3, 0.4) is 0 Å². The number of aliphatic imine (C=N–C) groups is 1. The normalized spacial score (nSPS) is 20.5. The van der Waals surface area contributed by atoms with Gasteiger partial charge < -0.3 is 25.0 Å². The SMILES string of the molecule is CCCCOCCCNC(=NC)NCC1CN(C)CCO1. The molecular formula is C15H32N4O2. The van der Waals surface area contributed by atoms with Crippen molar-refractivity contribution in [1.29, 1.82) is 0 Å². The number of nitrogens with zero attached hydrogens (tertiary/aromatic N) is 2. The van der Waals surface area contributed by atoms with Crippen LogP contribution in [0.25, 0.3) is 0 Å². The van der Waals surface area contributed by atoms with E-state index in [9.17, 15) is 0 Å². The first-order chi connectivity index (χ1) is 10.3. The molecule has 1 unspecified atom stereocenters. The molecule has 0 amide bonds. The van der Waals surface area contributed by atoms with E-state index in [1.54, 1.807) is 7.05 Å². The quantitative estimate of drug-likeness (QED) is 0.373. The highest BCUT2D eigenvalue weighted by atomic mass is 16.5. The first-order valence-electron chi connectivity index (χ1n) is 8.08. The third kappa shape index (κ3) is 8.90. The van der Waals surface area contributed by atoms with Crippen LogP contribution < -0.4 is 10.6 Å². The molecule has 1 heterocycles. The van der Waals surface area contributed by atoms with Gasteiger partial charge in [0, 0.05) is 46.4 Å². The van der Waals surface area contributed by atoms with Crippen LogP contribution in [0.1, 0.15) is 26.2 Å². The molecule has 1 rings (SSSR count). The maximum absolute atomic E-state index is 5.72. The van der Waals surface area contributed by atoms with Crippen molar-refractivity contribution in [2.75, 3.05) is 60.1 Å². The number of likely N-dealkylation sites (N-methyl/N-ethyl adjacent to an activating group) is 1. The molecule has 1 atom stereocenters. The van der Waals surface area contributed by atoms with Crippen molar-refractivity contribution in [3.63, 3.8) is 0 Å². The number of ether oxygens (including phenoxy) is 2. The first-order valence-corrected chi connectivity index (χ1v) is 8.08. The van der Waals surface area contributed by atoms with Crippen LogP contribution in [0.5, 0.6) is 0 Å². The highest BCUT2D eigenvalue weighted by Gasteiger charge is 2.17. The lowest BCUT2D eigenvalue weighted by Gasteiger charge is -2.30. The van der Waals surface area contributed by atoms with Crippen LogP contribution in [0, 0.1) is 0 Å². The summed E-state index contributed by atoms with van der Waals surface area (Å²) in [7, 11) is 3.92. The Morgan fingerprint density at radius 3 is 2.86 bits per heavy atom. The van der Waals surface area contributed by atoms with Crippen LogP contribution in [-0.4, -0.2) is 77.1 Å². The van der Waals surface area contributed by atoms with Gasteiger partial charge >= 0.3 is 0 Å². The fourth-order valence-corrected chi connectivity index (χ4v) is 2.15. The zero-order chi connectivity index (χ0) is 15.3. The predicted molar refractivity (Wildman–Crippen MR) is 86.9 cm³/mol. The summed E-state index contributed by atoms with van der Waals surface area (Å²) < 4.78 is 11.2. The molecule has 0 radical (unpaired) electrons. The van der Waals surface area contributed by atoms with E-state index in [1.165, 1.54) is 6.42 Å². The van der Waals surface area contributed by atoms with Crippen LogP contribution >= 0.6 is 0 Å². The third-order valence-corrected chi connectivity index (χ3v) is 3.46. The number of nitrogens with one attached hydrogen (secondary N) is 2. The lowest BCUT2D eigenvalue weighted by molar-refractivity contribution is -0.0161. The van der Waals surface area contributed by atoms with E-state index in [4.69, 9.17) is 9.47 Å². The number of unbranched alkanes of at least 4 members (excludes halogenated alkanes) is 1. The molecule has 1 aliphatic rings. The summed E-state index contributed by atoms with van der Waals surface area (Å²) in [5, 5.41) is 6.62. The largest absolute Gasteiger partial charge is 0.381 e. The highest BCUT2D eigenvalue weighted by Crippen LogP contribution is 2.01. The average molecular weight is 300 g/mol. The average Bonchev–Trinajstić information content (AvgIpc) is 2.49. The topological polar surface area (TPSA) is 58.1 Å². The van der Waals surface area contributed by atoms with E-state index in [0.717, 1.165) is 64.8 Å². The van der Waals surface area contributed by atoms with Gasteiger partial charge in [0.25, 0.3) is 0 Å². The van der Waals surface area contributed by atoms with Gasteiger partial charge in [-0.3, -0.25) is 4.99 Å². The summed E-state index contributed by atoms with van der Waals surface area (Å²) in [5.41, 5.74) is 0. The van der Waals surface area contributed by atoms with Gasteiger partial charge in [0.15, 0.2) is 5.96 Å². The van der Waals surface area contributed by atoms with Gasteiger partial charge in [0.2, 0.25) is 0 Å². The van der Waals surface area contributed by atoms with Crippen LogP contribution in [0.15, 0.2) is 4.99 Å². The summed E-state index contributed by atoms with van der Waals surface area (Å²) in [5.74, 6) is 0.834. The van der Waals surface area contributed by atoms with Gasteiger partial charge in [-0.25, -0.2) is 0 Å². The molecule has 21 heavy (non-hydrogen) atoms. The van der Waals surface area contributed by atoms with Crippen molar-refractivity contribution in [1.82, 2.24) is 15.5 Å². The van der Waals surface area contributed by atoms with E-state index in [0.29, 0.717) is 0 Å². The molecule has 1 saturated heterocycles. The third-order valence-electron chi connectivity index (χ3n) is 3.46. The summed E-state index contributed by atoms with van der Waals surface area (Å²) in [6, 6.07) is 0. The number of guanidine groups is 1. The molecule has 0 aromatic heterocycles. The number of hydrogen-bond acceptors (Lipinski definition) is 4. The molecule has 6 nitrogen and oxygen atoms in total. The second-order valence-electron chi connectivity index (χ2n) is 5.45. The van der Waals surface area contributed by atoms with Crippen molar-refractivity contribution < 1.29 is 9.47 Å². The summed E-state index contributed by atoms with van der Waals surface area (Å²) in [4.78, 5) is 6.51. The Hall–Kier alpha value is -0.850. The lowest BCUT2D eigenvalue weighted by atomic mass is 10.3. The summed E-state index contributed by atoms with van der Waals surface area (Å²) >= 11 is 0. The van der Waals surface area contributed by atoms with Crippen molar-refractivity contribution in [2.45, 2.75) is 32.3 Å². The van der Waals surface area contributed by atoms with Crippen molar-refractivity contribution in [2.24, 2.45) is 4.99 Å². The molecule has 1 aliphatic heterocycles. The van der Waals surface area contributed by atoms with Gasteiger partial charge in [-0.15, -0.1) is 0 Å². The van der Waals surface area contributed by atoms with Gasteiger partial charge in [-0.1, -0.05) is 13.3 Å². The molecule has 1 fully saturated rings. The van der Waals surface area contributed by atoms with E-state index in [-0.39, 0.29) is 6.10 Å². The summed E-state index contributed by atoms with van der Waals surface area (Å²) in [6.07, 6.45) is 3.56. The van der Waals surface area contributed by atoms with Gasteiger partial charge in [0.1, 0.15) is 0 Å². The number of hydrogen-bond donors (Lipinski definition) is 2. The standard InChI is InChI=1S/C15H32N4O2/c1-4-5-9-20-10-6-7-17-15(16-2)18-12-14-13-19(3)8-11-21-14/h14H,4-13H2,1-3H3,(H2,16,17,18). The molecule has 2 N–H and O–H groups in total. The van der Waals surface area contributed by atoms with Crippen molar-refractivity contribution in [3.05, 3.63) is 0 Å². The van der Waals surface area contributed by atoms with Crippen LogP contribution in [-0.2, 0) is 9.47 Å². The Bertz CT molecular complexity index is 287. The molecule has 0 aromatic rings. The highest BCUT2D eigenvalue weighted by molar-refractivity contribution is 5.79. The van der Waals surface area contributed by atoms with E-state index in [2.05, 4.69) is 34.5 Å². The van der Waals surface area contributed by atoms with E-state index >= 15 is 0 Å². The fourth-order valence-electron chi connectivity index (χ4n) is 2.15. The molecule has 0 bridgehead atoms. The van der Waals surface area contributed by atoms with Gasteiger partial charge in [0.05, 0.1) is 12.7 Å². The number of morpholine rings is 1. The predicted octanol–water partition coefficient (Wildman–Crippen LogP) is 0.689. The molecule has 124 valence electrons. The van der Waals surface area contributed by atoms with E-state index < -0.39 is 0 Å². The molecular weight excluding hydrogens is 268 g/mol. The Morgan fingerprint density at radius 2 is 2.14 bits per heavy atom. The minimum absolute atomic E-state index is 0.236. The Kier molecular flexibility index (Phi) is 10.2. The number of rotatable bonds is 9. The van der Waals surface area contributed by atoms with Crippen LogP contribution in [0.4, 0.5) is 0 Å². The second kappa shape index (κ2) is 11.8. The Morgan fingerprint density at radius 1 is 1.33 bits per heavy atom. The second-order valence-corrected chi connectivity index (χ2v) is 5.45.